The number of halogens is 1. The first kappa shape index (κ1) is 14.4. The van der Waals surface area contributed by atoms with Gasteiger partial charge in [0, 0.05) is 5.02 Å². The standard InChI is InChI=1S/C16H15ClN4O/c1-11(12-5-4-6-13(17)9-12)19-16(22)20-21-10-18-14-7-2-3-8-15(14)21/h2-11H,1H3,(H2,19,20,22)/t11-/m1/s1. The fraction of sp³-hybridized carbons (Fsp3) is 0.125. The van der Waals surface area contributed by atoms with Crippen molar-refractivity contribution in [2.24, 2.45) is 0 Å². The lowest BCUT2D eigenvalue weighted by Gasteiger charge is -2.15. The summed E-state index contributed by atoms with van der Waals surface area (Å²) in [4.78, 5) is 16.3. The van der Waals surface area contributed by atoms with Crippen LogP contribution in [0.2, 0.25) is 5.02 Å². The van der Waals surface area contributed by atoms with Gasteiger partial charge in [0.05, 0.1) is 17.1 Å². The predicted octanol–water partition coefficient (Wildman–Crippen LogP) is 3.70. The van der Waals surface area contributed by atoms with E-state index in [1.54, 1.807) is 17.1 Å². The Morgan fingerprint density at radius 1 is 1.23 bits per heavy atom. The van der Waals surface area contributed by atoms with Crippen LogP contribution < -0.4 is 10.7 Å². The highest BCUT2D eigenvalue weighted by molar-refractivity contribution is 6.30. The molecule has 6 heteroatoms. The number of nitrogens with one attached hydrogen (secondary N) is 2. The van der Waals surface area contributed by atoms with Crippen molar-refractivity contribution in [2.45, 2.75) is 13.0 Å². The monoisotopic (exact) mass is 314 g/mol. The highest BCUT2D eigenvalue weighted by Crippen LogP contribution is 2.17. The highest BCUT2D eigenvalue weighted by Gasteiger charge is 2.11. The summed E-state index contributed by atoms with van der Waals surface area (Å²) < 4.78 is 1.59. The Labute approximate surface area is 132 Å². The molecule has 0 aliphatic heterocycles. The Balaban J connectivity index is 1.70. The molecule has 1 aromatic heterocycles. The first-order valence-electron chi connectivity index (χ1n) is 6.88. The van der Waals surface area contributed by atoms with E-state index in [0.29, 0.717) is 5.02 Å². The normalized spacial score (nSPS) is 12.1. The molecule has 0 unspecified atom stereocenters. The van der Waals surface area contributed by atoms with Gasteiger partial charge in [-0.25, -0.2) is 19.9 Å². The Hall–Kier alpha value is -2.53. The number of urea groups is 1. The van der Waals surface area contributed by atoms with Gasteiger partial charge in [-0.15, -0.1) is 0 Å². The zero-order chi connectivity index (χ0) is 15.5. The SMILES string of the molecule is C[C@@H](NC(=O)Nn1cnc2ccccc21)c1cccc(Cl)c1. The molecule has 2 amide bonds. The second-order valence-corrected chi connectivity index (χ2v) is 5.40. The van der Waals surface area contributed by atoms with Crippen LogP contribution in [0, 0.1) is 0 Å². The van der Waals surface area contributed by atoms with Crippen LogP contribution in [0.5, 0.6) is 0 Å². The minimum absolute atomic E-state index is 0.159. The zero-order valence-corrected chi connectivity index (χ0v) is 12.7. The quantitative estimate of drug-likeness (QED) is 0.774. The van der Waals surface area contributed by atoms with Gasteiger partial charge in [0.15, 0.2) is 0 Å². The summed E-state index contributed by atoms with van der Waals surface area (Å²) in [6.45, 7) is 1.90. The van der Waals surface area contributed by atoms with Gasteiger partial charge in [-0.2, -0.15) is 0 Å². The molecule has 1 heterocycles. The van der Waals surface area contributed by atoms with E-state index in [1.165, 1.54) is 0 Å². The number of amides is 2. The summed E-state index contributed by atoms with van der Waals surface area (Å²) in [5.74, 6) is 0. The molecule has 3 aromatic rings. The predicted molar refractivity (Wildman–Crippen MR) is 87.5 cm³/mol. The summed E-state index contributed by atoms with van der Waals surface area (Å²) in [5.41, 5.74) is 5.36. The van der Waals surface area contributed by atoms with Gasteiger partial charge in [0.2, 0.25) is 0 Å². The van der Waals surface area contributed by atoms with E-state index < -0.39 is 0 Å². The third kappa shape index (κ3) is 3.04. The third-order valence-electron chi connectivity index (χ3n) is 3.37. The van der Waals surface area contributed by atoms with Gasteiger partial charge in [-0.3, -0.25) is 0 Å². The van der Waals surface area contributed by atoms with Gasteiger partial charge in [0.25, 0.3) is 0 Å². The maximum Gasteiger partial charge on any atom is 0.334 e. The molecule has 2 aromatic carbocycles. The van der Waals surface area contributed by atoms with E-state index in [-0.39, 0.29) is 12.1 Å². The molecule has 2 N–H and O–H groups in total. The van der Waals surface area contributed by atoms with E-state index in [2.05, 4.69) is 15.7 Å². The number of hydrogen-bond acceptors (Lipinski definition) is 2. The molecule has 3 rings (SSSR count). The summed E-state index contributed by atoms with van der Waals surface area (Å²) in [6, 6.07) is 14.5. The minimum Gasteiger partial charge on any atom is -0.330 e. The van der Waals surface area contributed by atoms with Gasteiger partial charge < -0.3 is 5.32 Å². The number of hydrogen-bond donors (Lipinski definition) is 2. The fourth-order valence-corrected chi connectivity index (χ4v) is 2.44. The van der Waals surface area contributed by atoms with Gasteiger partial charge in [-0.05, 0) is 36.8 Å². The number of benzene rings is 2. The molecular weight excluding hydrogens is 300 g/mol. The molecule has 1 atom stereocenters. The van der Waals surface area contributed by atoms with Crippen LogP contribution in [0.4, 0.5) is 4.79 Å². The van der Waals surface area contributed by atoms with Crippen LogP contribution in [0.15, 0.2) is 54.9 Å². The molecule has 5 nitrogen and oxygen atoms in total. The second kappa shape index (κ2) is 6.07. The topological polar surface area (TPSA) is 59.0 Å². The van der Waals surface area contributed by atoms with Crippen molar-refractivity contribution in [3.05, 3.63) is 65.4 Å². The Kier molecular flexibility index (Phi) is 3.98. The smallest absolute Gasteiger partial charge is 0.330 e. The molecule has 0 saturated heterocycles. The number of imidazole rings is 1. The van der Waals surface area contributed by atoms with Crippen LogP contribution in [0.25, 0.3) is 11.0 Å². The summed E-state index contributed by atoms with van der Waals surface area (Å²) in [5, 5.41) is 3.51. The van der Waals surface area contributed by atoms with E-state index in [4.69, 9.17) is 11.6 Å². The lowest BCUT2D eigenvalue weighted by atomic mass is 10.1. The number of rotatable bonds is 3. The van der Waals surface area contributed by atoms with Crippen molar-refractivity contribution in [1.82, 2.24) is 15.0 Å². The third-order valence-corrected chi connectivity index (χ3v) is 3.61. The fourth-order valence-electron chi connectivity index (χ4n) is 2.25. The van der Waals surface area contributed by atoms with Gasteiger partial charge in [-0.1, -0.05) is 35.9 Å². The molecule has 0 aliphatic rings. The van der Waals surface area contributed by atoms with Crippen LogP contribution in [-0.4, -0.2) is 15.7 Å². The average molecular weight is 315 g/mol. The summed E-state index contributed by atoms with van der Waals surface area (Å²) >= 11 is 5.97. The number of nitrogens with zero attached hydrogens (tertiary/aromatic N) is 2. The maximum atomic E-state index is 12.1. The Bertz CT molecular complexity index is 815. The van der Waals surface area contributed by atoms with Crippen LogP contribution in [-0.2, 0) is 0 Å². The van der Waals surface area contributed by atoms with Gasteiger partial charge >= 0.3 is 6.03 Å². The molecule has 0 radical (unpaired) electrons. The van der Waals surface area contributed by atoms with Crippen molar-refractivity contribution < 1.29 is 4.79 Å². The van der Waals surface area contributed by atoms with Crippen molar-refractivity contribution in [1.29, 1.82) is 0 Å². The summed E-state index contributed by atoms with van der Waals surface area (Å²) in [7, 11) is 0. The summed E-state index contributed by atoms with van der Waals surface area (Å²) in [6.07, 6.45) is 1.58. The molecular formula is C16H15ClN4O. The van der Waals surface area contributed by atoms with Crippen molar-refractivity contribution in [3.8, 4) is 0 Å². The molecule has 0 spiro atoms. The number of para-hydroxylation sites is 2. The molecule has 22 heavy (non-hydrogen) atoms. The minimum atomic E-state index is -0.310. The first-order valence-corrected chi connectivity index (χ1v) is 7.26. The van der Waals surface area contributed by atoms with Crippen molar-refractivity contribution in [2.75, 3.05) is 5.43 Å². The maximum absolute atomic E-state index is 12.1. The number of fused-ring (bicyclic) bond motifs is 1. The molecule has 0 saturated carbocycles. The number of carbonyl (C=O) groups is 1. The van der Waals surface area contributed by atoms with Crippen LogP contribution in [0.3, 0.4) is 0 Å². The largest absolute Gasteiger partial charge is 0.334 e. The zero-order valence-electron chi connectivity index (χ0n) is 12.0. The van der Waals surface area contributed by atoms with E-state index >= 15 is 0 Å². The molecule has 0 bridgehead atoms. The molecule has 0 fully saturated rings. The van der Waals surface area contributed by atoms with E-state index in [0.717, 1.165) is 16.6 Å². The number of aromatic nitrogens is 2. The lowest BCUT2D eigenvalue weighted by molar-refractivity contribution is 0.247. The Morgan fingerprint density at radius 3 is 2.86 bits per heavy atom. The highest BCUT2D eigenvalue weighted by atomic mass is 35.5. The Morgan fingerprint density at radius 2 is 2.05 bits per heavy atom. The van der Waals surface area contributed by atoms with E-state index in [9.17, 15) is 4.79 Å². The first-order chi connectivity index (χ1) is 10.6. The molecule has 112 valence electrons. The van der Waals surface area contributed by atoms with E-state index in [1.807, 2.05) is 49.4 Å². The molecule has 0 aliphatic carbocycles. The van der Waals surface area contributed by atoms with Crippen molar-refractivity contribution in [3.63, 3.8) is 0 Å². The average Bonchev–Trinajstić information content (AvgIpc) is 2.90. The lowest BCUT2D eigenvalue weighted by Crippen LogP contribution is -2.35. The van der Waals surface area contributed by atoms with Crippen molar-refractivity contribution >= 4 is 28.7 Å². The second-order valence-electron chi connectivity index (χ2n) is 4.97. The number of carbonyl (C=O) groups excluding carboxylic acids is 1. The van der Waals surface area contributed by atoms with Crippen LogP contribution >= 0.6 is 11.6 Å². The van der Waals surface area contributed by atoms with Crippen LogP contribution in [0.1, 0.15) is 18.5 Å². The van der Waals surface area contributed by atoms with Gasteiger partial charge in [0.1, 0.15) is 6.33 Å².